The molecule has 7 heteroatoms. The average Bonchev–Trinajstić information content (AvgIpc) is 3.06. The first-order valence-corrected chi connectivity index (χ1v) is 19.2. The Morgan fingerprint density at radius 1 is 0.521 bits per heavy atom. The summed E-state index contributed by atoms with van der Waals surface area (Å²) >= 11 is 0. The van der Waals surface area contributed by atoms with E-state index in [0.29, 0.717) is 19.3 Å². The number of hydrogen-bond donors (Lipinski definition) is 3. The number of carbonyl (C=O) groups is 2. The highest BCUT2D eigenvalue weighted by atomic mass is 16.6. The maximum absolute atomic E-state index is 12.0. The van der Waals surface area contributed by atoms with Crippen LogP contribution in [-0.4, -0.2) is 58.8 Å². The molecule has 278 valence electrons. The Labute approximate surface area is 294 Å². The molecule has 0 fully saturated rings. The van der Waals surface area contributed by atoms with E-state index in [-0.39, 0.29) is 32.0 Å². The van der Waals surface area contributed by atoms with Crippen LogP contribution in [0.2, 0.25) is 0 Å². The molecule has 0 aliphatic rings. The Kier molecular flexibility index (Phi) is 33.0. The number of carbonyl (C=O) groups excluding carboxylic acids is 2. The zero-order chi connectivity index (χ0) is 35.5. The molecule has 0 unspecified atom stereocenters. The first-order valence-electron chi connectivity index (χ1n) is 19.2. The second-order valence-electron chi connectivity index (χ2n) is 13.5. The fourth-order valence-electron chi connectivity index (χ4n) is 5.18. The number of ether oxygens (including phenoxy) is 2. The van der Waals surface area contributed by atoms with E-state index in [4.69, 9.17) is 9.47 Å². The van der Waals surface area contributed by atoms with Gasteiger partial charge in [0.25, 0.3) is 0 Å². The standard InChI is InChI=1S/C41H72O7/c1-4-5-6-7-8-9-10-14-17-20-23-26-30-38(43)39(44)31-28-33-41(46)48-35-37(42)34-47-40(45)32-27-24-21-18-15-12-11-13-16-19-22-25-29-36(2)3/h5-6,8-9,14,17,23,26,36-39,42-44H,4,7,10-13,15-16,18-22,24-25,27-35H2,1-3H3/b6-5-,9-8-,17-14-,26-23-/t37-,38-,39-/m0/s1. The van der Waals surface area contributed by atoms with E-state index in [9.17, 15) is 24.9 Å². The molecule has 0 aromatic rings. The molecule has 0 saturated heterocycles. The molecule has 48 heavy (non-hydrogen) atoms. The lowest BCUT2D eigenvalue weighted by Crippen LogP contribution is -2.26. The molecule has 7 nitrogen and oxygen atoms in total. The molecule has 0 aromatic heterocycles. The Hall–Kier alpha value is -2.22. The van der Waals surface area contributed by atoms with E-state index in [0.717, 1.165) is 50.9 Å². The summed E-state index contributed by atoms with van der Waals surface area (Å²) in [6, 6.07) is 0. The minimum Gasteiger partial charge on any atom is -0.463 e. The molecular weight excluding hydrogens is 604 g/mol. The number of aliphatic hydroxyl groups excluding tert-OH is 3. The number of esters is 2. The van der Waals surface area contributed by atoms with Crippen molar-refractivity contribution in [3.63, 3.8) is 0 Å². The van der Waals surface area contributed by atoms with Crippen LogP contribution < -0.4 is 0 Å². The second kappa shape index (κ2) is 34.6. The Bertz CT molecular complexity index is 861. The third-order valence-corrected chi connectivity index (χ3v) is 8.21. The molecular formula is C41H72O7. The normalized spacial score (nSPS) is 14.1. The van der Waals surface area contributed by atoms with Gasteiger partial charge in [-0.25, -0.2) is 0 Å². The molecule has 0 saturated carbocycles. The van der Waals surface area contributed by atoms with E-state index in [1.54, 1.807) is 0 Å². The van der Waals surface area contributed by atoms with Crippen molar-refractivity contribution in [1.82, 2.24) is 0 Å². The van der Waals surface area contributed by atoms with Crippen LogP contribution in [-0.2, 0) is 19.1 Å². The Balaban J connectivity index is 3.69. The molecule has 0 heterocycles. The Morgan fingerprint density at radius 3 is 1.42 bits per heavy atom. The molecule has 3 N–H and O–H groups in total. The summed E-state index contributed by atoms with van der Waals surface area (Å²) in [6.07, 6.45) is 34.9. The fourth-order valence-corrected chi connectivity index (χ4v) is 5.18. The maximum atomic E-state index is 12.0. The maximum Gasteiger partial charge on any atom is 0.305 e. The van der Waals surface area contributed by atoms with Gasteiger partial charge in [0, 0.05) is 12.8 Å². The average molecular weight is 677 g/mol. The summed E-state index contributed by atoms with van der Waals surface area (Å²) in [5.74, 6) is -0.0161. The molecule has 0 aromatic carbocycles. The Morgan fingerprint density at radius 2 is 0.938 bits per heavy atom. The van der Waals surface area contributed by atoms with Gasteiger partial charge in [0.15, 0.2) is 0 Å². The number of aliphatic hydroxyl groups is 3. The van der Waals surface area contributed by atoms with E-state index in [1.807, 2.05) is 12.2 Å². The van der Waals surface area contributed by atoms with Gasteiger partial charge in [-0.15, -0.1) is 0 Å². The largest absolute Gasteiger partial charge is 0.463 e. The van der Waals surface area contributed by atoms with Crippen molar-refractivity contribution in [2.24, 2.45) is 5.92 Å². The first-order chi connectivity index (χ1) is 23.3. The summed E-state index contributed by atoms with van der Waals surface area (Å²) in [7, 11) is 0. The highest BCUT2D eigenvalue weighted by Crippen LogP contribution is 2.15. The summed E-state index contributed by atoms with van der Waals surface area (Å²) in [5.41, 5.74) is 0. The number of allylic oxidation sites excluding steroid dienone is 7. The van der Waals surface area contributed by atoms with Gasteiger partial charge >= 0.3 is 11.9 Å². The van der Waals surface area contributed by atoms with Crippen molar-refractivity contribution in [1.29, 1.82) is 0 Å². The summed E-state index contributed by atoms with van der Waals surface area (Å²) in [4.78, 5) is 24.0. The van der Waals surface area contributed by atoms with Crippen molar-refractivity contribution in [2.75, 3.05) is 13.2 Å². The van der Waals surface area contributed by atoms with Crippen molar-refractivity contribution in [2.45, 2.75) is 180 Å². The van der Waals surface area contributed by atoms with Gasteiger partial charge in [-0.2, -0.15) is 0 Å². The van der Waals surface area contributed by atoms with Gasteiger partial charge in [-0.05, 0) is 57.3 Å². The summed E-state index contributed by atoms with van der Waals surface area (Å²) < 4.78 is 10.2. The lowest BCUT2D eigenvalue weighted by Gasteiger charge is -2.16. The zero-order valence-corrected chi connectivity index (χ0v) is 30.9. The van der Waals surface area contributed by atoms with Crippen molar-refractivity contribution >= 4 is 11.9 Å². The first kappa shape index (κ1) is 45.8. The highest BCUT2D eigenvalue weighted by Gasteiger charge is 2.16. The molecule has 3 atom stereocenters. The van der Waals surface area contributed by atoms with Gasteiger partial charge < -0.3 is 24.8 Å². The molecule has 0 amide bonds. The van der Waals surface area contributed by atoms with E-state index in [2.05, 4.69) is 57.2 Å². The van der Waals surface area contributed by atoms with Gasteiger partial charge in [-0.3, -0.25) is 9.59 Å². The monoisotopic (exact) mass is 677 g/mol. The van der Waals surface area contributed by atoms with Gasteiger partial charge in [0.1, 0.15) is 19.3 Å². The SMILES string of the molecule is CC/C=C\C/C=C\C/C=C\C/C=C\C[C@H](O)[C@@H](O)CCCC(=O)OC[C@@H](O)COC(=O)CCCCCCCCCCCCCCC(C)C. The minimum atomic E-state index is -1.07. The second-order valence-corrected chi connectivity index (χ2v) is 13.5. The van der Waals surface area contributed by atoms with Gasteiger partial charge in [-0.1, -0.05) is 146 Å². The third-order valence-electron chi connectivity index (χ3n) is 8.21. The van der Waals surface area contributed by atoms with Gasteiger partial charge in [0.2, 0.25) is 0 Å². The van der Waals surface area contributed by atoms with E-state index >= 15 is 0 Å². The van der Waals surface area contributed by atoms with Crippen LogP contribution in [0.5, 0.6) is 0 Å². The van der Waals surface area contributed by atoms with Gasteiger partial charge in [0.05, 0.1) is 12.2 Å². The molecule has 0 aliphatic heterocycles. The van der Waals surface area contributed by atoms with Crippen LogP contribution in [0.25, 0.3) is 0 Å². The lowest BCUT2D eigenvalue weighted by molar-refractivity contribution is -0.152. The van der Waals surface area contributed by atoms with Crippen LogP contribution in [0.4, 0.5) is 0 Å². The number of hydrogen-bond acceptors (Lipinski definition) is 7. The number of rotatable bonds is 33. The minimum absolute atomic E-state index is 0.0683. The zero-order valence-electron chi connectivity index (χ0n) is 30.9. The third kappa shape index (κ3) is 33.7. The van der Waals surface area contributed by atoms with Crippen LogP contribution in [0.15, 0.2) is 48.6 Å². The topological polar surface area (TPSA) is 113 Å². The van der Waals surface area contributed by atoms with Crippen molar-refractivity contribution < 1.29 is 34.4 Å². The fraction of sp³-hybridized carbons (Fsp3) is 0.756. The van der Waals surface area contributed by atoms with Crippen molar-refractivity contribution in [3.05, 3.63) is 48.6 Å². The highest BCUT2D eigenvalue weighted by molar-refractivity contribution is 5.69. The predicted molar refractivity (Wildman–Crippen MR) is 199 cm³/mol. The smallest absolute Gasteiger partial charge is 0.305 e. The predicted octanol–water partition coefficient (Wildman–Crippen LogP) is 9.64. The van der Waals surface area contributed by atoms with Crippen molar-refractivity contribution in [3.8, 4) is 0 Å². The summed E-state index contributed by atoms with van der Waals surface area (Å²) in [6.45, 7) is 6.26. The summed E-state index contributed by atoms with van der Waals surface area (Å²) in [5, 5.41) is 30.3. The van der Waals surface area contributed by atoms with Crippen LogP contribution >= 0.6 is 0 Å². The molecule has 0 bridgehead atoms. The molecule has 0 spiro atoms. The quantitative estimate of drug-likeness (QED) is 0.0360. The van der Waals surface area contributed by atoms with Crippen LogP contribution in [0.3, 0.4) is 0 Å². The molecule has 0 aliphatic carbocycles. The lowest BCUT2D eigenvalue weighted by atomic mass is 10.0. The van der Waals surface area contributed by atoms with E-state index in [1.165, 1.54) is 64.2 Å². The van der Waals surface area contributed by atoms with Crippen LogP contribution in [0.1, 0.15) is 162 Å². The van der Waals surface area contributed by atoms with E-state index < -0.39 is 24.3 Å². The molecule has 0 rings (SSSR count). The van der Waals surface area contributed by atoms with Crippen LogP contribution in [0, 0.1) is 5.92 Å². The number of unbranched alkanes of at least 4 members (excludes halogenated alkanes) is 11. The molecule has 0 radical (unpaired) electrons.